The molecule has 168 valence electrons. The molecule has 2 heterocycles. The Bertz CT molecular complexity index is 1030. The van der Waals surface area contributed by atoms with Crippen LogP contribution in [0.15, 0.2) is 30.5 Å². The highest BCUT2D eigenvalue weighted by Crippen LogP contribution is 2.36. The normalized spacial score (nSPS) is 22.4. The van der Waals surface area contributed by atoms with E-state index in [0.29, 0.717) is 60.4 Å². The molecule has 1 aromatic heterocycles. The summed E-state index contributed by atoms with van der Waals surface area (Å²) in [4.78, 5) is 31.4. The molecule has 2 aliphatic carbocycles. The number of ketones is 1. The number of pyridine rings is 1. The molecule has 0 radical (unpaired) electrons. The standard InChI is InChI=1S/C25H27FN2O4/c1-2-3-16-10-19-20(24(16)29)11-17(12-21(19)26)28-9-8-22(25(28)30)32-18-6-7-23(27-13-18)31-14-15-4-5-15/h6-7,11-13,15-16,22H,2-5,8-10,14H2,1H3/t16?,22-/m1/s1. The molecule has 1 aliphatic heterocycles. The quantitative estimate of drug-likeness (QED) is 0.613. The molecule has 0 spiro atoms. The van der Waals surface area contributed by atoms with Gasteiger partial charge in [0, 0.05) is 36.2 Å². The number of aromatic nitrogens is 1. The van der Waals surface area contributed by atoms with Gasteiger partial charge in [-0.15, -0.1) is 0 Å². The molecule has 6 nitrogen and oxygen atoms in total. The van der Waals surface area contributed by atoms with Crippen molar-refractivity contribution in [3.63, 3.8) is 0 Å². The van der Waals surface area contributed by atoms with Crippen LogP contribution in [0.3, 0.4) is 0 Å². The smallest absolute Gasteiger partial charge is 0.268 e. The zero-order valence-electron chi connectivity index (χ0n) is 18.2. The lowest BCUT2D eigenvalue weighted by atomic mass is 10.00. The Kier molecular flexibility index (Phi) is 5.57. The lowest BCUT2D eigenvalue weighted by molar-refractivity contribution is -0.122. The topological polar surface area (TPSA) is 68.7 Å². The molecule has 1 aromatic carbocycles. The van der Waals surface area contributed by atoms with Crippen LogP contribution >= 0.6 is 0 Å². The fraction of sp³-hybridized carbons (Fsp3) is 0.480. The molecule has 32 heavy (non-hydrogen) atoms. The summed E-state index contributed by atoms with van der Waals surface area (Å²) in [6.45, 7) is 3.11. The number of ether oxygens (including phenoxy) is 2. The molecule has 2 fully saturated rings. The molecule has 0 bridgehead atoms. The summed E-state index contributed by atoms with van der Waals surface area (Å²) in [6, 6.07) is 6.52. The van der Waals surface area contributed by atoms with Crippen molar-refractivity contribution in [2.24, 2.45) is 11.8 Å². The van der Waals surface area contributed by atoms with Gasteiger partial charge in [0.1, 0.15) is 11.6 Å². The van der Waals surface area contributed by atoms with Crippen LogP contribution in [0.5, 0.6) is 11.6 Å². The Hall–Kier alpha value is -2.96. The minimum Gasteiger partial charge on any atom is -0.479 e. The fourth-order valence-electron chi connectivity index (χ4n) is 4.54. The van der Waals surface area contributed by atoms with Gasteiger partial charge < -0.3 is 14.4 Å². The number of carbonyl (C=O) groups is 2. The Balaban J connectivity index is 1.26. The number of Topliss-reactive ketones (excluding diaryl/α,β-unsaturated/α-hetero) is 1. The van der Waals surface area contributed by atoms with E-state index in [2.05, 4.69) is 4.98 Å². The minimum atomic E-state index is -0.671. The van der Waals surface area contributed by atoms with Crippen molar-refractivity contribution in [1.29, 1.82) is 0 Å². The van der Waals surface area contributed by atoms with Gasteiger partial charge in [-0.1, -0.05) is 13.3 Å². The number of rotatable bonds is 8. The molecule has 2 atom stereocenters. The molecule has 1 amide bonds. The van der Waals surface area contributed by atoms with Crippen molar-refractivity contribution in [3.8, 4) is 11.6 Å². The molecular formula is C25H27FN2O4. The van der Waals surface area contributed by atoms with Gasteiger partial charge in [0.15, 0.2) is 11.9 Å². The van der Waals surface area contributed by atoms with Crippen molar-refractivity contribution >= 4 is 17.4 Å². The second-order valence-corrected chi connectivity index (χ2v) is 8.98. The van der Waals surface area contributed by atoms with Crippen LogP contribution in [0, 0.1) is 17.7 Å². The number of halogens is 1. The highest BCUT2D eigenvalue weighted by Gasteiger charge is 2.37. The van der Waals surface area contributed by atoms with E-state index in [-0.39, 0.29) is 17.6 Å². The van der Waals surface area contributed by atoms with Gasteiger partial charge in [-0.2, -0.15) is 0 Å². The third-order valence-electron chi connectivity index (χ3n) is 6.52. The van der Waals surface area contributed by atoms with Crippen LogP contribution in [0.4, 0.5) is 10.1 Å². The van der Waals surface area contributed by atoms with Crippen LogP contribution in [0.2, 0.25) is 0 Å². The van der Waals surface area contributed by atoms with Gasteiger partial charge in [0.2, 0.25) is 5.88 Å². The molecule has 5 rings (SSSR count). The predicted octanol–water partition coefficient (Wildman–Crippen LogP) is 4.35. The Morgan fingerprint density at radius 3 is 2.75 bits per heavy atom. The first kappa shape index (κ1) is 20.9. The highest BCUT2D eigenvalue weighted by molar-refractivity contribution is 6.05. The second kappa shape index (κ2) is 8.52. The monoisotopic (exact) mass is 438 g/mol. The number of fused-ring (bicyclic) bond motifs is 1. The lowest BCUT2D eigenvalue weighted by Gasteiger charge is -2.18. The maximum absolute atomic E-state index is 14.8. The third-order valence-corrected chi connectivity index (χ3v) is 6.52. The van der Waals surface area contributed by atoms with Gasteiger partial charge in [-0.05, 0) is 55.4 Å². The largest absolute Gasteiger partial charge is 0.479 e. The zero-order valence-corrected chi connectivity index (χ0v) is 18.2. The van der Waals surface area contributed by atoms with E-state index < -0.39 is 11.9 Å². The second-order valence-electron chi connectivity index (χ2n) is 8.98. The number of anilines is 1. The van der Waals surface area contributed by atoms with Crippen molar-refractivity contribution in [2.45, 2.75) is 51.6 Å². The SMILES string of the molecule is CCCC1Cc2c(F)cc(N3CC[C@@H](Oc4ccc(OCC5CC5)nc4)C3=O)cc2C1=O. The predicted molar refractivity (Wildman–Crippen MR) is 117 cm³/mol. The van der Waals surface area contributed by atoms with Crippen LogP contribution in [-0.4, -0.2) is 35.9 Å². The average molecular weight is 438 g/mol. The molecule has 1 unspecified atom stereocenters. The first-order valence-corrected chi connectivity index (χ1v) is 11.5. The van der Waals surface area contributed by atoms with Gasteiger partial charge in [0.05, 0.1) is 12.8 Å². The van der Waals surface area contributed by atoms with Gasteiger partial charge >= 0.3 is 0 Å². The molecule has 0 N–H and O–H groups in total. The van der Waals surface area contributed by atoms with Gasteiger partial charge in [-0.25, -0.2) is 9.37 Å². The first-order valence-electron chi connectivity index (χ1n) is 11.5. The molecule has 1 saturated carbocycles. The number of nitrogens with zero attached hydrogens (tertiary/aromatic N) is 2. The molecule has 2 aromatic rings. The number of amides is 1. The maximum atomic E-state index is 14.8. The summed E-state index contributed by atoms with van der Waals surface area (Å²) in [6.07, 6.45) is 5.86. The summed E-state index contributed by atoms with van der Waals surface area (Å²) in [5, 5.41) is 0. The van der Waals surface area contributed by atoms with Crippen molar-refractivity contribution < 1.29 is 23.5 Å². The molecule has 1 saturated heterocycles. The summed E-state index contributed by atoms with van der Waals surface area (Å²) in [5.74, 6) is 0.851. The third kappa shape index (κ3) is 4.08. The summed E-state index contributed by atoms with van der Waals surface area (Å²) < 4.78 is 26.3. The van der Waals surface area contributed by atoms with E-state index in [1.54, 1.807) is 24.4 Å². The van der Waals surface area contributed by atoms with E-state index in [0.717, 1.165) is 12.8 Å². The summed E-state index contributed by atoms with van der Waals surface area (Å²) in [5.41, 5.74) is 1.32. The van der Waals surface area contributed by atoms with E-state index in [1.165, 1.54) is 23.8 Å². The number of benzene rings is 1. The van der Waals surface area contributed by atoms with E-state index in [1.807, 2.05) is 6.92 Å². The van der Waals surface area contributed by atoms with E-state index in [9.17, 15) is 14.0 Å². The first-order chi connectivity index (χ1) is 15.5. The van der Waals surface area contributed by atoms with Crippen molar-refractivity contribution in [2.75, 3.05) is 18.1 Å². The van der Waals surface area contributed by atoms with Gasteiger partial charge in [0.25, 0.3) is 5.91 Å². The van der Waals surface area contributed by atoms with Crippen LogP contribution < -0.4 is 14.4 Å². The Labute approximate surface area is 186 Å². The lowest BCUT2D eigenvalue weighted by Crippen LogP contribution is -2.32. The number of hydrogen-bond donors (Lipinski definition) is 0. The fourth-order valence-corrected chi connectivity index (χ4v) is 4.54. The van der Waals surface area contributed by atoms with E-state index in [4.69, 9.17) is 9.47 Å². The number of hydrogen-bond acceptors (Lipinski definition) is 5. The van der Waals surface area contributed by atoms with Crippen LogP contribution in [-0.2, 0) is 11.2 Å². The van der Waals surface area contributed by atoms with E-state index >= 15 is 0 Å². The molecule has 3 aliphatic rings. The molecular weight excluding hydrogens is 411 g/mol. The number of carbonyl (C=O) groups excluding carboxylic acids is 2. The minimum absolute atomic E-state index is 0.0166. The van der Waals surface area contributed by atoms with Gasteiger partial charge in [-0.3, -0.25) is 9.59 Å². The zero-order chi connectivity index (χ0) is 22.2. The highest BCUT2D eigenvalue weighted by atomic mass is 19.1. The summed E-state index contributed by atoms with van der Waals surface area (Å²) in [7, 11) is 0. The maximum Gasteiger partial charge on any atom is 0.268 e. The molecule has 7 heteroatoms. The Morgan fingerprint density at radius 1 is 1.19 bits per heavy atom. The van der Waals surface area contributed by atoms with Crippen molar-refractivity contribution in [3.05, 3.63) is 47.4 Å². The van der Waals surface area contributed by atoms with Crippen molar-refractivity contribution in [1.82, 2.24) is 4.98 Å². The van der Waals surface area contributed by atoms with Crippen LogP contribution in [0.25, 0.3) is 0 Å². The Morgan fingerprint density at radius 2 is 2.03 bits per heavy atom. The van der Waals surface area contributed by atoms with Crippen LogP contribution in [0.1, 0.15) is 54.9 Å². The average Bonchev–Trinajstić information content (AvgIpc) is 3.48. The summed E-state index contributed by atoms with van der Waals surface area (Å²) >= 11 is 0.